The van der Waals surface area contributed by atoms with Crippen LogP contribution in [0.1, 0.15) is 18.1 Å². The predicted molar refractivity (Wildman–Crippen MR) is 97.1 cm³/mol. The second-order valence-electron chi connectivity index (χ2n) is 5.01. The maximum absolute atomic E-state index is 4.49. The van der Waals surface area contributed by atoms with E-state index >= 15 is 0 Å². The number of hydrogen-bond donors (Lipinski definition) is 1. The molecule has 3 rings (SSSR count). The summed E-state index contributed by atoms with van der Waals surface area (Å²) in [6.45, 7) is 5.99. The molecule has 0 spiro atoms. The lowest BCUT2D eigenvalue weighted by atomic mass is 10.1. The lowest BCUT2D eigenvalue weighted by Gasteiger charge is -2.12. The molecule has 1 heterocycles. The van der Waals surface area contributed by atoms with Crippen molar-refractivity contribution in [1.82, 2.24) is 4.98 Å². The Kier molecular flexibility index (Phi) is 4.45. The second-order valence-corrected chi connectivity index (χ2v) is 5.86. The molecule has 1 aromatic heterocycles. The Balaban J connectivity index is 1.87. The van der Waals surface area contributed by atoms with Crippen LogP contribution in [0.5, 0.6) is 0 Å². The van der Waals surface area contributed by atoms with E-state index in [9.17, 15) is 0 Å². The minimum atomic E-state index is 0.984. The first-order valence-corrected chi connectivity index (χ1v) is 8.15. The fourth-order valence-electron chi connectivity index (χ4n) is 2.40. The van der Waals surface area contributed by atoms with Crippen LogP contribution in [-0.2, 0) is 6.42 Å². The summed E-state index contributed by atoms with van der Waals surface area (Å²) in [5.41, 5.74) is 4.62. The highest BCUT2D eigenvalue weighted by Gasteiger charge is 2.05. The molecule has 2 aromatic carbocycles. The molecule has 110 valence electrons. The maximum atomic E-state index is 4.49. The topological polar surface area (TPSA) is 24.9 Å². The van der Waals surface area contributed by atoms with Gasteiger partial charge in [0, 0.05) is 17.3 Å². The van der Waals surface area contributed by atoms with E-state index in [1.807, 2.05) is 18.3 Å². The largest absolute Gasteiger partial charge is 0.325 e. The van der Waals surface area contributed by atoms with Gasteiger partial charge in [0.1, 0.15) is 0 Å². The molecule has 0 aliphatic carbocycles. The number of anilines is 1. The summed E-state index contributed by atoms with van der Waals surface area (Å²) >= 11 is 1.61. The Labute approximate surface area is 135 Å². The van der Waals surface area contributed by atoms with Gasteiger partial charge in [-0.3, -0.25) is 4.98 Å². The van der Waals surface area contributed by atoms with Crippen molar-refractivity contribution in [3.8, 4) is 0 Å². The fraction of sp³-hybridized carbons (Fsp3) is 0.105. The van der Waals surface area contributed by atoms with Crippen LogP contribution < -0.4 is 4.72 Å². The van der Waals surface area contributed by atoms with E-state index in [-0.39, 0.29) is 0 Å². The molecule has 3 aromatic rings. The van der Waals surface area contributed by atoms with E-state index in [0.29, 0.717) is 0 Å². The zero-order valence-corrected chi connectivity index (χ0v) is 13.4. The third-order valence-corrected chi connectivity index (χ3v) is 4.48. The number of aryl methyl sites for hydroxylation is 1. The molecule has 0 atom stereocenters. The predicted octanol–water partition coefficient (Wildman–Crippen LogP) is 5.56. The van der Waals surface area contributed by atoms with Gasteiger partial charge in [0.05, 0.1) is 10.4 Å². The fourth-order valence-corrected chi connectivity index (χ4v) is 3.23. The standard InChI is InChI=1S/C19H18N2S/c1-3-14-10-11-17(15(4-2)13-14)21-22-18-9-5-7-16-8-6-12-20-19(16)18/h3,5-13,21H,1,4H2,2H3. The number of nitrogens with zero attached hydrogens (tertiary/aromatic N) is 1. The van der Waals surface area contributed by atoms with E-state index in [2.05, 4.69) is 65.7 Å². The zero-order chi connectivity index (χ0) is 15.4. The summed E-state index contributed by atoms with van der Waals surface area (Å²) in [6, 6.07) is 16.7. The molecule has 0 unspecified atom stereocenters. The van der Waals surface area contributed by atoms with Gasteiger partial charge >= 0.3 is 0 Å². The van der Waals surface area contributed by atoms with E-state index < -0.39 is 0 Å². The number of aromatic nitrogens is 1. The average Bonchev–Trinajstić information content (AvgIpc) is 2.59. The molecule has 1 N–H and O–H groups in total. The molecule has 0 aliphatic rings. The van der Waals surface area contributed by atoms with Gasteiger partial charge in [-0.15, -0.1) is 0 Å². The van der Waals surface area contributed by atoms with E-state index in [1.165, 1.54) is 5.56 Å². The van der Waals surface area contributed by atoms with Crippen LogP contribution >= 0.6 is 11.9 Å². The van der Waals surface area contributed by atoms with Crippen molar-refractivity contribution in [3.05, 3.63) is 72.4 Å². The normalized spacial score (nSPS) is 10.6. The molecule has 0 amide bonds. The minimum Gasteiger partial charge on any atom is -0.325 e. The smallest absolute Gasteiger partial charge is 0.0855 e. The van der Waals surface area contributed by atoms with Crippen LogP contribution in [0.4, 0.5) is 5.69 Å². The molecule has 0 aliphatic heterocycles. The van der Waals surface area contributed by atoms with E-state index in [1.54, 1.807) is 11.9 Å². The van der Waals surface area contributed by atoms with Crippen molar-refractivity contribution in [1.29, 1.82) is 0 Å². The first kappa shape index (κ1) is 14.7. The molecule has 0 saturated heterocycles. The molecule has 22 heavy (non-hydrogen) atoms. The van der Waals surface area contributed by atoms with Crippen LogP contribution in [0.2, 0.25) is 0 Å². The number of para-hydroxylation sites is 1. The number of rotatable bonds is 5. The molecule has 0 saturated carbocycles. The number of benzene rings is 2. The summed E-state index contributed by atoms with van der Waals surface area (Å²) in [7, 11) is 0. The van der Waals surface area contributed by atoms with Gasteiger partial charge in [-0.05, 0) is 53.8 Å². The number of fused-ring (bicyclic) bond motifs is 1. The Morgan fingerprint density at radius 2 is 2.05 bits per heavy atom. The van der Waals surface area contributed by atoms with E-state index in [0.717, 1.165) is 33.5 Å². The van der Waals surface area contributed by atoms with Crippen molar-refractivity contribution >= 4 is 34.6 Å². The number of nitrogens with one attached hydrogen (secondary N) is 1. The van der Waals surface area contributed by atoms with Gasteiger partial charge < -0.3 is 4.72 Å². The molecule has 2 nitrogen and oxygen atoms in total. The summed E-state index contributed by atoms with van der Waals surface area (Å²) in [4.78, 5) is 5.62. The van der Waals surface area contributed by atoms with Crippen LogP contribution in [-0.4, -0.2) is 4.98 Å². The quantitative estimate of drug-likeness (QED) is 0.625. The minimum absolute atomic E-state index is 0.984. The Hall–Kier alpha value is -2.26. The van der Waals surface area contributed by atoms with Crippen LogP contribution in [0, 0.1) is 0 Å². The molecule has 0 fully saturated rings. The first-order valence-electron chi connectivity index (χ1n) is 7.34. The third-order valence-electron chi connectivity index (χ3n) is 3.61. The highest BCUT2D eigenvalue weighted by Crippen LogP contribution is 2.29. The van der Waals surface area contributed by atoms with Crippen LogP contribution in [0.25, 0.3) is 17.0 Å². The van der Waals surface area contributed by atoms with E-state index in [4.69, 9.17) is 0 Å². The van der Waals surface area contributed by atoms with Crippen molar-refractivity contribution in [3.63, 3.8) is 0 Å². The highest BCUT2D eigenvalue weighted by molar-refractivity contribution is 8.00. The Morgan fingerprint density at radius 1 is 1.18 bits per heavy atom. The molecule has 3 heteroatoms. The average molecular weight is 306 g/mol. The highest BCUT2D eigenvalue weighted by atomic mass is 32.2. The summed E-state index contributed by atoms with van der Waals surface area (Å²) in [6.07, 6.45) is 4.70. The van der Waals surface area contributed by atoms with Crippen molar-refractivity contribution in [2.24, 2.45) is 0 Å². The van der Waals surface area contributed by atoms with Crippen LogP contribution in [0.3, 0.4) is 0 Å². The zero-order valence-electron chi connectivity index (χ0n) is 12.5. The van der Waals surface area contributed by atoms with Gasteiger partial charge in [0.2, 0.25) is 0 Å². The molecular formula is C19H18N2S. The number of pyridine rings is 1. The SMILES string of the molecule is C=Cc1ccc(NSc2cccc3cccnc23)c(CC)c1. The van der Waals surface area contributed by atoms with Gasteiger partial charge in [0.25, 0.3) is 0 Å². The molecule has 0 bridgehead atoms. The summed E-state index contributed by atoms with van der Waals surface area (Å²) < 4.78 is 3.47. The van der Waals surface area contributed by atoms with Gasteiger partial charge in [0.15, 0.2) is 0 Å². The molecular weight excluding hydrogens is 288 g/mol. The first-order chi connectivity index (χ1) is 10.8. The maximum Gasteiger partial charge on any atom is 0.0855 e. The Bertz CT molecular complexity index is 806. The lowest BCUT2D eigenvalue weighted by molar-refractivity contribution is 1.14. The van der Waals surface area contributed by atoms with Gasteiger partial charge in [-0.1, -0.05) is 43.8 Å². The van der Waals surface area contributed by atoms with Crippen molar-refractivity contribution < 1.29 is 0 Å². The molecule has 0 radical (unpaired) electrons. The van der Waals surface area contributed by atoms with Crippen molar-refractivity contribution in [2.45, 2.75) is 18.2 Å². The van der Waals surface area contributed by atoms with Crippen molar-refractivity contribution in [2.75, 3.05) is 4.72 Å². The van der Waals surface area contributed by atoms with Gasteiger partial charge in [-0.2, -0.15) is 0 Å². The summed E-state index contributed by atoms with van der Waals surface area (Å²) in [5, 5.41) is 1.16. The Morgan fingerprint density at radius 3 is 2.86 bits per heavy atom. The van der Waals surface area contributed by atoms with Crippen LogP contribution in [0.15, 0.2) is 66.2 Å². The van der Waals surface area contributed by atoms with Gasteiger partial charge in [-0.25, -0.2) is 0 Å². The second kappa shape index (κ2) is 6.67. The lowest BCUT2D eigenvalue weighted by Crippen LogP contribution is -1.94. The monoisotopic (exact) mass is 306 g/mol. The number of hydrogen-bond acceptors (Lipinski definition) is 3. The third kappa shape index (κ3) is 3.00. The summed E-state index contributed by atoms with van der Waals surface area (Å²) in [5.74, 6) is 0.